The SMILES string of the molecule is Cc1nn(C)c2c1C(=O)N(c1ccc3[nH]cnc3c1)C2c1ccc(Cl)cc1F. The third-order valence-electron chi connectivity index (χ3n) is 5.16. The summed E-state index contributed by atoms with van der Waals surface area (Å²) in [7, 11) is 1.76. The number of aromatic amines is 1. The Balaban J connectivity index is 1.76. The van der Waals surface area contributed by atoms with Crippen LogP contribution in [0.3, 0.4) is 0 Å². The molecule has 140 valence electrons. The van der Waals surface area contributed by atoms with Gasteiger partial charge in [-0.1, -0.05) is 17.7 Å². The second-order valence-electron chi connectivity index (χ2n) is 6.82. The molecular formula is C20H15ClFN5O. The zero-order valence-corrected chi connectivity index (χ0v) is 15.8. The Labute approximate surface area is 164 Å². The zero-order valence-electron chi connectivity index (χ0n) is 15.1. The number of fused-ring (bicyclic) bond motifs is 2. The van der Waals surface area contributed by atoms with Crippen molar-refractivity contribution in [2.24, 2.45) is 7.05 Å². The van der Waals surface area contributed by atoms with E-state index in [1.807, 2.05) is 18.2 Å². The normalized spacial score (nSPS) is 16.2. The zero-order chi connectivity index (χ0) is 19.6. The largest absolute Gasteiger partial charge is 0.345 e. The molecule has 4 aromatic rings. The van der Waals surface area contributed by atoms with Gasteiger partial charge in [-0.3, -0.25) is 14.4 Å². The minimum atomic E-state index is -0.651. The number of imidazole rings is 1. The van der Waals surface area contributed by atoms with Crippen LogP contribution in [-0.2, 0) is 7.05 Å². The van der Waals surface area contributed by atoms with Gasteiger partial charge < -0.3 is 4.98 Å². The lowest BCUT2D eigenvalue weighted by molar-refractivity contribution is 0.0992. The number of nitrogens with zero attached hydrogens (tertiary/aromatic N) is 4. The van der Waals surface area contributed by atoms with Crippen molar-refractivity contribution in [3.63, 3.8) is 0 Å². The van der Waals surface area contributed by atoms with Gasteiger partial charge in [-0.2, -0.15) is 5.10 Å². The molecular weight excluding hydrogens is 381 g/mol. The molecule has 2 aromatic carbocycles. The van der Waals surface area contributed by atoms with Crippen molar-refractivity contribution in [2.45, 2.75) is 13.0 Å². The number of hydrogen-bond acceptors (Lipinski definition) is 3. The second kappa shape index (κ2) is 5.90. The summed E-state index contributed by atoms with van der Waals surface area (Å²) in [5.74, 6) is -0.683. The minimum Gasteiger partial charge on any atom is -0.345 e. The number of halogens is 2. The van der Waals surface area contributed by atoms with Gasteiger partial charge in [0.05, 0.1) is 34.3 Å². The monoisotopic (exact) mass is 395 g/mol. The predicted octanol–water partition coefficient (Wildman–Crippen LogP) is 4.15. The number of carbonyl (C=O) groups excluding carboxylic acids is 1. The number of anilines is 1. The van der Waals surface area contributed by atoms with E-state index in [0.29, 0.717) is 33.2 Å². The van der Waals surface area contributed by atoms with Crippen LogP contribution in [0.1, 0.15) is 33.4 Å². The Bertz CT molecular complexity index is 1260. The number of benzene rings is 2. The van der Waals surface area contributed by atoms with E-state index in [1.165, 1.54) is 6.07 Å². The van der Waals surface area contributed by atoms with Crippen LogP contribution >= 0.6 is 11.6 Å². The molecule has 28 heavy (non-hydrogen) atoms. The number of carbonyl (C=O) groups is 1. The van der Waals surface area contributed by atoms with Crippen LogP contribution < -0.4 is 4.90 Å². The third kappa shape index (κ3) is 2.29. The lowest BCUT2D eigenvalue weighted by Gasteiger charge is -2.27. The van der Waals surface area contributed by atoms with Gasteiger partial charge in [0, 0.05) is 23.3 Å². The molecule has 1 amide bonds. The van der Waals surface area contributed by atoms with Gasteiger partial charge in [0.1, 0.15) is 11.9 Å². The van der Waals surface area contributed by atoms with E-state index in [0.717, 1.165) is 11.0 Å². The highest BCUT2D eigenvalue weighted by molar-refractivity contribution is 6.30. The molecule has 0 radical (unpaired) electrons. The maximum Gasteiger partial charge on any atom is 0.263 e. The van der Waals surface area contributed by atoms with Gasteiger partial charge >= 0.3 is 0 Å². The van der Waals surface area contributed by atoms with Crippen molar-refractivity contribution in [3.05, 3.63) is 76.1 Å². The first-order valence-electron chi connectivity index (χ1n) is 8.71. The smallest absolute Gasteiger partial charge is 0.263 e. The standard InChI is InChI=1S/C20H15ClFN5O/c1-10-17-19(26(2)25-10)18(13-5-3-11(21)7-14(13)22)27(20(17)28)12-4-6-15-16(8-12)24-9-23-15/h3-9,18H,1-2H3,(H,23,24). The molecule has 1 aliphatic heterocycles. The predicted molar refractivity (Wildman–Crippen MR) is 104 cm³/mol. The van der Waals surface area contributed by atoms with Crippen LogP contribution in [-0.4, -0.2) is 25.7 Å². The van der Waals surface area contributed by atoms with Crippen LogP contribution in [0.5, 0.6) is 0 Å². The van der Waals surface area contributed by atoms with Crippen molar-refractivity contribution in [2.75, 3.05) is 4.90 Å². The molecule has 0 aliphatic carbocycles. The summed E-state index contributed by atoms with van der Waals surface area (Å²) in [5, 5.41) is 4.68. The molecule has 1 aliphatic rings. The molecule has 0 spiro atoms. The number of H-pyrrole nitrogens is 1. The lowest BCUT2D eigenvalue weighted by Crippen LogP contribution is -2.30. The topological polar surface area (TPSA) is 66.8 Å². The van der Waals surface area contributed by atoms with Crippen LogP contribution in [0.15, 0.2) is 42.7 Å². The van der Waals surface area contributed by atoms with Gasteiger partial charge in [-0.05, 0) is 37.3 Å². The van der Waals surface area contributed by atoms with E-state index in [9.17, 15) is 9.18 Å². The summed E-state index contributed by atoms with van der Waals surface area (Å²) in [5.41, 5.74) is 4.37. The van der Waals surface area contributed by atoms with Crippen molar-refractivity contribution >= 4 is 34.2 Å². The highest BCUT2D eigenvalue weighted by Gasteiger charge is 2.44. The Hall–Kier alpha value is -3.19. The van der Waals surface area contributed by atoms with Gasteiger partial charge in [-0.15, -0.1) is 0 Å². The number of aryl methyl sites for hydroxylation is 2. The number of hydrogen-bond donors (Lipinski definition) is 1. The molecule has 1 atom stereocenters. The maximum atomic E-state index is 14.9. The molecule has 6 nitrogen and oxygen atoms in total. The van der Waals surface area contributed by atoms with Crippen molar-refractivity contribution in [1.82, 2.24) is 19.7 Å². The van der Waals surface area contributed by atoms with Crippen molar-refractivity contribution in [1.29, 1.82) is 0 Å². The Morgan fingerprint density at radius 1 is 1.21 bits per heavy atom. The van der Waals surface area contributed by atoms with E-state index >= 15 is 0 Å². The molecule has 0 bridgehead atoms. The van der Waals surface area contributed by atoms with Crippen molar-refractivity contribution < 1.29 is 9.18 Å². The fourth-order valence-electron chi connectivity index (χ4n) is 3.96. The van der Waals surface area contributed by atoms with E-state index in [4.69, 9.17) is 11.6 Å². The molecule has 8 heteroatoms. The van der Waals surface area contributed by atoms with Gasteiger partial charge in [-0.25, -0.2) is 9.37 Å². The molecule has 1 unspecified atom stereocenters. The van der Waals surface area contributed by atoms with Gasteiger partial charge in [0.15, 0.2) is 0 Å². The molecule has 1 N–H and O–H groups in total. The van der Waals surface area contributed by atoms with E-state index in [-0.39, 0.29) is 5.91 Å². The molecule has 0 saturated carbocycles. The first-order valence-corrected chi connectivity index (χ1v) is 9.08. The Morgan fingerprint density at radius 3 is 2.82 bits per heavy atom. The second-order valence-corrected chi connectivity index (χ2v) is 7.25. The number of aromatic nitrogens is 4. The highest BCUT2D eigenvalue weighted by atomic mass is 35.5. The average Bonchev–Trinajstić information content (AvgIpc) is 3.30. The lowest BCUT2D eigenvalue weighted by atomic mass is 10.0. The van der Waals surface area contributed by atoms with Gasteiger partial charge in [0.2, 0.25) is 0 Å². The van der Waals surface area contributed by atoms with Crippen LogP contribution in [0.2, 0.25) is 5.02 Å². The molecule has 3 heterocycles. The Kier molecular flexibility index (Phi) is 3.57. The molecule has 0 saturated heterocycles. The molecule has 0 fully saturated rings. The molecule has 2 aromatic heterocycles. The van der Waals surface area contributed by atoms with Crippen LogP contribution in [0, 0.1) is 12.7 Å². The highest BCUT2D eigenvalue weighted by Crippen LogP contribution is 2.43. The van der Waals surface area contributed by atoms with Crippen molar-refractivity contribution in [3.8, 4) is 0 Å². The van der Waals surface area contributed by atoms with E-state index in [2.05, 4.69) is 15.1 Å². The minimum absolute atomic E-state index is 0.213. The van der Waals surface area contributed by atoms with E-state index in [1.54, 1.807) is 42.0 Å². The molecule has 5 rings (SSSR count). The first kappa shape index (κ1) is 16.9. The number of nitrogens with one attached hydrogen (secondary N) is 1. The fraction of sp³-hybridized carbons (Fsp3) is 0.150. The van der Waals surface area contributed by atoms with Crippen LogP contribution in [0.25, 0.3) is 11.0 Å². The summed E-state index contributed by atoms with van der Waals surface area (Å²) in [6.45, 7) is 1.78. The summed E-state index contributed by atoms with van der Waals surface area (Å²) in [6.07, 6.45) is 1.60. The summed E-state index contributed by atoms with van der Waals surface area (Å²) >= 11 is 5.94. The summed E-state index contributed by atoms with van der Waals surface area (Å²) < 4.78 is 16.5. The third-order valence-corrected chi connectivity index (χ3v) is 5.39. The summed E-state index contributed by atoms with van der Waals surface area (Å²) in [4.78, 5) is 22.3. The van der Waals surface area contributed by atoms with Gasteiger partial charge in [0.25, 0.3) is 5.91 Å². The quantitative estimate of drug-likeness (QED) is 0.554. The average molecular weight is 396 g/mol. The number of amides is 1. The number of rotatable bonds is 2. The van der Waals surface area contributed by atoms with Crippen LogP contribution in [0.4, 0.5) is 10.1 Å². The first-order chi connectivity index (χ1) is 13.5. The summed E-state index contributed by atoms with van der Waals surface area (Å²) in [6, 6.07) is 9.36. The maximum absolute atomic E-state index is 14.9. The van der Waals surface area contributed by atoms with E-state index < -0.39 is 11.9 Å². The Morgan fingerprint density at radius 2 is 2.04 bits per heavy atom. The fourth-order valence-corrected chi connectivity index (χ4v) is 4.12.